The van der Waals surface area contributed by atoms with E-state index in [2.05, 4.69) is 5.11 Å². The van der Waals surface area contributed by atoms with Crippen molar-refractivity contribution >= 4 is 6.09 Å². The van der Waals surface area contributed by atoms with Crippen molar-refractivity contribution < 1.29 is 12.7 Å². The number of primary amides is 1. The molecule has 0 radical (unpaired) electrons. The van der Waals surface area contributed by atoms with Crippen LogP contribution in [-0.4, -0.2) is 11.2 Å². The maximum atomic E-state index is 9.65. The molecule has 24 valence electrons. The summed E-state index contributed by atoms with van der Waals surface area (Å²) < 4.78 is 18.0. The quantitative estimate of drug-likeness (QED) is 0.403. The third-order valence-electron chi connectivity index (χ3n) is 0. The highest BCUT2D eigenvalue weighted by Gasteiger charge is 1.65. The molecule has 0 aliphatic carbocycles. The molecule has 1 amide bonds. The van der Waals surface area contributed by atoms with Crippen molar-refractivity contribution in [2.24, 2.45) is 5.72 Å². The molecule has 0 fully saturated rings. The van der Waals surface area contributed by atoms with Gasteiger partial charge in [-0.25, -0.2) is 4.79 Å². The number of amides is 1. The zero-order valence-electron chi connectivity index (χ0n) is 4.76. The summed E-state index contributed by atoms with van der Waals surface area (Å²) in [5.74, 6) is 0. The predicted octanol–water partition coefficient (Wildman–Crippen LogP) is -0.377. The third kappa shape index (κ3) is 0.174. The first-order chi connectivity index (χ1) is 3.18. The minimum absolute atomic E-state index is 0.326. The summed E-state index contributed by atoms with van der Waals surface area (Å²) >= 11 is 0. The van der Waals surface area contributed by atoms with Gasteiger partial charge in [0, 0.05) is 0 Å². The van der Waals surface area contributed by atoms with Gasteiger partial charge in [-0.05, 0) is 0 Å². The van der Waals surface area contributed by atoms with Gasteiger partial charge in [-0.15, -0.1) is 0 Å². The maximum Gasteiger partial charge on any atom is 0.402 e. The molecule has 0 saturated heterocycles. The summed E-state index contributed by atoms with van der Waals surface area (Å²) in [5, 5.41) is 3.17. The zero-order chi connectivity index (χ0) is 5.86. The number of hydrogen-bond acceptors (Lipinski definition) is 2. The van der Waals surface area contributed by atoms with E-state index in [9.17, 15) is 4.79 Å². The average molecular weight is 64.1 g/mol. The van der Waals surface area contributed by atoms with Gasteiger partial charge < -0.3 is 10.8 Å². The Kier molecular flexibility index (Phi) is 0.108. The summed E-state index contributed by atoms with van der Waals surface area (Å²) in [7, 11) is 0. The summed E-state index contributed by atoms with van der Waals surface area (Å²) in [5.41, 5.74) is -0.326. The highest BCUT2D eigenvalue weighted by atomic mass is 16.4. The predicted molar refractivity (Wildman–Crippen MR) is 12.2 cm³/mol. The molecule has 0 aromatic carbocycles. The monoisotopic (exact) mass is 64.0 g/mol. The number of carboxylic acid groups (broad SMARTS) is 1. The Labute approximate surface area is 27.5 Å². The molecule has 3 heteroatoms. The van der Waals surface area contributed by atoms with Gasteiger partial charge >= 0.3 is 6.09 Å². The second-order valence-corrected chi connectivity index (χ2v) is 0.266. The molecule has 4 heavy (non-hydrogen) atoms. The molecule has 0 atom stereocenters. The fourth-order valence-corrected chi connectivity index (χ4v) is 0. The Morgan fingerprint density at radius 2 is 3.50 bits per heavy atom. The fourth-order valence-electron chi connectivity index (χ4n) is 0. The van der Waals surface area contributed by atoms with Crippen LogP contribution in [0.1, 0.15) is 0 Å². The summed E-state index contributed by atoms with van der Waals surface area (Å²) in [6.07, 6.45) is -1.32. The normalized spacial score (nSPS) is 14.5. The Hall–Kier alpha value is -0.730. The first-order valence-corrected chi connectivity index (χ1v) is 0.632. The minimum atomic E-state index is -1.32. The number of hydrogen-bond donors (Lipinski definition) is 2. The molecule has 0 saturated carbocycles. The molecule has 0 bridgehead atoms. The first kappa shape index (κ1) is 0.607. The second-order valence-electron chi connectivity index (χ2n) is 0.266. The molecule has 0 heterocycles. The lowest BCUT2D eigenvalue weighted by molar-refractivity contribution is 0.205. The lowest BCUT2D eigenvalue weighted by Crippen LogP contribution is -2.03. The van der Waals surface area contributed by atoms with Crippen LogP contribution in [0.25, 0.3) is 1.43 Å². The van der Waals surface area contributed by atoms with Gasteiger partial charge in [0.05, 0.1) is 0 Å². The SMILES string of the molecule is [2H]OC(=O)N([2H])[2H]. The van der Waals surface area contributed by atoms with Gasteiger partial charge in [-0.2, -0.15) is 0 Å². The van der Waals surface area contributed by atoms with E-state index in [4.69, 9.17) is 4.25 Å². The van der Waals surface area contributed by atoms with Gasteiger partial charge in [0.15, 0.2) is 2.82 Å². The van der Waals surface area contributed by atoms with E-state index in [1.54, 1.807) is 0 Å². The number of nitrogens with two attached hydrogens (primary N) is 1. The van der Waals surface area contributed by atoms with Crippen LogP contribution < -0.4 is 5.72 Å². The van der Waals surface area contributed by atoms with Crippen molar-refractivity contribution in [3.8, 4) is 0 Å². The van der Waals surface area contributed by atoms with Crippen molar-refractivity contribution in [2.75, 3.05) is 0 Å². The summed E-state index contributed by atoms with van der Waals surface area (Å²) in [6, 6.07) is 0. The molecule has 0 aromatic heterocycles. The Balaban J connectivity index is 3.35. The van der Waals surface area contributed by atoms with Gasteiger partial charge in [0.1, 0.15) is 0 Å². The van der Waals surface area contributed by atoms with Crippen LogP contribution in [-0.2, 0) is 0 Å². The highest BCUT2D eigenvalue weighted by Crippen LogP contribution is 1.34. The van der Waals surface area contributed by atoms with Crippen LogP contribution in [0.4, 0.5) is 4.79 Å². The van der Waals surface area contributed by atoms with Crippen LogP contribution in [0.5, 0.6) is 0 Å². The summed E-state index contributed by atoms with van der Waals surface area (Å²) in [6.45, 7) is 0. The van der Waals surface area contributed by atoms with Crippen LogP contribution >= 0.6 is 0 Å². The Bertz CT molecular complexity index is 73.3. The van der Waals surface area contributed by atoms with Gasteiger partial charge in [0.25, 0.3) is 1.43 Å². The van der Waals surface area contributed by atoms with E-state index in [-0.39, 0.29) is 5.72 Å². The highest BCUT2D eigenvalue weighted by molar-refractivity contribution is 5.61. The molecule has 0 rings (SSSR count). The topological polar surface area (TPSA) is 63.3 Å². The number of carbonyl (C=O) groups is 1. The number of rotatable bonds is 0. The average Bonchev–Trinajstić information content (AvgIpc) is 1.65. The maximum absolute atomic E-state index is 9.65. The standard InChI is InChI=1S/CH3NO2/c2-1(3)4/h2H2,(H,3,4)/i/hD3. The lowest BCUT2D eigenvalue weighted by Gasteiger charge is -1.61. The molecule has 0 unspecified atom stereocenters. The van der Waals surface area contributed by atoms with Gasteiger partial charge in [-0.1, -0.05) is 0 Å². The molecule has 3 nitrogen and oxygen atoms in total. The minimum Gasteiger partial charge on any atom is -0.465 e. The lowest BCUT2D eigenvalue weighted by atomic mass is 11.3. The van der Waals surface area contributed by atoms with E-state index in [1.165, 1.54) is 0 Å². The largest absolute Gasteiger partial charge is 0.465 e. The van der Waals surface area contributed by atoms with Crippen molar-refractivity contribution in [3.05, 3.63) is 0 Å². The van der Waals surface area contributed by atoms with E-state index in [0.717, 1.165) is 0 Å². The molecule has 0 aliphatic rings. The van der Waals surface area contributed by atoms with E-state index in [0.29, 0.717) is 0 Å². The molecular weight excluding hydrogens is 58.0 g/mol. The molecule has 3 N–H and O–H groups in total. The first-order valence-electron chi connectivity index (χ1n) is 1.93. The van der Waals surface area contributed by atoms with Crippen molar-refractivity contribution in [2.45, 2.75) is 0 Å². The van der Waals surface area contributed by atoms with Gasteiger partial charge in [-0.3, -0.25) is 0 Å². The van der Waals surface area contributed by atoms with E-state index < -0.39 is 6.09 Å². The van der Waals surface area contributed by atoms with Crippen LogP contribution in [0.2, 0.25) is 2.82 Å². The van der Waals surface area contributed by atoms with Crippen LogP contribution in [0.3, 0.4) is 0 Å². The third-order valence-corrected chi connectivity index (χ3v) is 0. The van der Waals surface area contributed by atoms with Gasteiger partial charge in [0.2, 0.25) is 0 Å². The molecule has 0 aliphatic heterocycles. The zero-order valence-corrected chi connectivity index (χ0v) is 1.76. The van der Waals surface area contributed by atoms with Crippen molar-refractivity contribution in [3.63, 3.8) is 0 Å². The van der Waals surface area contributed by atoms with E-state index >= 15 is 0 Å². The summed E-state index contributed by atoms with van der Waals surface area (Å²) in [4.78, 5) is 9.65. The van der Waals surface area contributed by atoms with E-state index in [1.807, 2.05) is 0 Å². The second kappa shape index (κ2) is 0.711. The van der Waals surface area contributed by atoms with Crippen molar-refractivity contribution in [1.82, 2.24) is 0 Å². The Morgan fingerprint density at radius 3 is 3.50 bits per heavy atom. The van der Waals surface area contributed by atoms with Crippen LogP contribution in [0.15, 0.2) is 0 Å². The molecular formula is CH3NO2. The molecule has 0 aromatic rings. The van der Waals surface area contributed by atoms with Crippen LogP contribution in [0, 0.1) is 0 Å². The smallest absolute Gasteiger partial charge is 0.402 e. The Morgan fingerprint density at radius 1 is 2.75 bits per heavy atom. The molecule has 0 spiro atoms. The fraction of sp³-hybridized carbons (Fsp3) is 0. The van der Waals surface area contributed by atoms with Crippen molar-refractivity contribution in [1.29, 1.82) is 1.43 Å².